The summed E-state index contributed by atoms with van der Waals surface area (Å²) in [5, 5.41) is 3.47. The lowest BCUT2D eigenvalue weighted by Crippen LogP contribution is -2.12. The molecule has 2 N–H and O–H groups in total. The lowest BCUT2D eigenvalue weighted by Gasteiger charge is -2.03. The van der Waals surface area contributed by atoms with Gasteiger partial charge in [0.05, 0.1) is 7.11 Å². The molecule has 4 nitrogen and oxygen atoms in total. The normalized spacial score (nSPS) is 10.6. The number of rotatable bonds is 3. The SMILES string of the molecule is COc1cccc2[nH]c(C(=O)Nc3cccc(F)c3)cc12. The third-order valence-corrected chi connectivity index (χ3v) is 3.17. The van der Waals surface area contributed by atoms with Crippen LogP contribution in [0, 0.1) is 5.82 Å². The van der Waals surface area contributed by atoms with Crippen LogP contribution in [-0.2, 0) is 0 Å². The highest BCUT2D eigenvalue weighted by Gasteiger charge is 2.12. The predicted molar refractivity (Wildman–Crippen MR) is 79.2 cm³/mol. The fourth-order valence-corrected chi connectivity index (χ4v) is 2.19. The van der Waals surface area contributed by atoms with Crippen LogP contribution in [0.4, 0.5) is 10.1 Å². The van der Waals surface area contributed by atoms with Gasteiger partial charge in [0.1, 0.15) is 17.3 Å². The number of halogens is 1. The van der Waals surface area contributed by atoms with Gasteiger partial charge in [0, 0.05) is 16.6 Å². The van der Waals surface area contributed by atoms with E-state index in [0.717, 1.165) is 10.9 Å². The zero-order valence-electron chi connectivity index (χ0n) is 11.3. The molecular formula is C16H13FN2O2. The number of ether oxygens (including phenoxy) is 1. The molecule has 0 atom stereocenters. The third kappa shape index (κ3) is 2.58. The number of hydrogen-bond acceptors (Lipinski definition) is 2. The first-order chi connectivity index (χ1) is 10.2. The number of H-pyrrole nitrogens is 1. The maximum absolute atomic E-state index is 13.1. The molecule has 0 aliphatic rings. The zero-order valence-corrected chi connectivity index (χ0v) is 11.3. The summed E-state index contributed by atoms with van der Waals surface area (Å²) >= 11 is 0. The van der Waals surface area contributed by atoms with Crippen LogP contribution in [0.15, 0.2) is 48.5 Å². The molecule has 106 valence electrons. The van der Waals surface area contributed by atoms with Gasteiger partial charge in [-0.3, -0.25) is 4.79 Å². The van der Waals surface area contributed by atoms with Crippen molar-refractivity contribution in [2.75, 3.05) is 12.4 Å². The molecule has 0 fully saturated rings. The summed E-state index contributed by atoms with van der Waals surface area (Å²) in [4.78, 5) is 15.2. The number of fused-ring (bicyclic) bond motifs is 1. The van der Waals surface area contributed by atoms with Crippen molar-refractivity contribution >= 4 is 22.5 Å². The molecule has 0 spiro atoms. The van der Waals surface area contributed by atoms with E-state index in [9.17, 15) is 9.18 Å². The van der Waals surface area contributed by atoms with Gasteiger partial charge in [0.15, 0.2) is 0 Å². The Morgan fingerprint density at radius 1 is 1.19 bits per heavy atom. The van der Waals surface area contributed by atoms with Gasteiger partial charge in [-0.05, 0) is 36.4 Å². The molecule has 0 saturated carbocycles. The summed E-state index contributed by atoms with van der Waals surface area (Å²) in [5.41, 5.74) is 1.60. The maximum Gasteiger partial charge on any atom is 0.272 e. The van der Waals surface area contributed by atoms with Crippen LogP contribution in [0.1, 0.15) is 10.5 Å². The maximum atomic E-state index is 13.1. The van der Waals surface area contributed by atoms with Crippen molar-refractivity contribution in [1.29, 1.82) is 0 Å². The van der Waals surface area contributed by atoms with E-state index in [4.69, 9.17) is 4.74 Å². The number of nitrogens with one attached hydrogen (secondary N) is 2. The van der Waals surface area contributed by atoms with E-state index in [1.165, 1.54) is 12.1 Å². The van der Waals surface area contributed by atoms with Gasteiger partial charge in [0.2, 0.25) is 0 Å². The molecule has 3 aromatic rings. The average Bonchev–Trinajstić information content (AvgIpc) is 2.91. The molecule has 2 aromatic carbocycles. The Bertz CT molecular complexity index is 811. The Morgan fingerprint density at radius 3 is 2.76 bits per heavy atom. The summed E-state index contributed by atoms with van der Waals surface area (Å²) in [7, 11) is 1.58. The number of aromatic nitrogens is 1. The molecule has 0 bridgehead atoms. The van der Waals surface area contributed by atoms with Gasteiger partial charge in [-0.1, -0.05) is 12.1 Å². The molecule has 1 aromatic heterocycles. The van der Waals surface area contributed by atoms with Crippen LogP contribution in [0.3, 0.4) is 0 Å². The molecule has 1 heterocycles. The number of anilines is 1. The van der Waals surface area contributed by atoms with E-state index in [1.807, 2.05) is 18.2 Å². The second-order valence-electron chi connectivity index (χ2n) is 4.57. The Balaban J connectivity index is 1.91. The highest BCUT2D eigenvalue weighted by Crippen LogP contribution is 2.26. The van der Waals surface area contributed by atoms with Gasteiger partial charge in [-0.25, -0.2) is 4.39 Å². The van der Waals surface area contributed by atoms with E-state index >= 15 is 0 Å². The standard InChI is InChI=1S/C16H13FN2O2/c1-21-15-7-3-6-13-12(15)9-14(19-13)16(20)18-11-5-2-4-10(17)8-11/h2-9,19H,1H3,(H,18,20). The van der Waals surface area contributed by atoms with E-state index < -0.39 is 5.82 Å². The van der Waals surface area contributed by atoms with Crippen molar-refractivity contribution in [1.82, 2.24) is 4.98 Å². The number of carbonyl (C=O) groups is 1. The van der Waals surface area contributed by atoms with Crippen molar-refractivity contribution in [3.8, 4) is 5.75 Å². The number of benzene rings is 2. The molecular weight excluding hydrogens is 271 g/mol. The quantitative estimate of drug-likeness (QED) is 0.772. The van der Waals surface area contributed by atoms with Crippen LogP contribution in [0.5, 0.6) is 5.75 Å². The second-order valence-corrected chi connectivity index (χ2v) is 4.57. The molecule has 0 radical (unpaired) electrons. The van der Waals surface area contributed by atoms with Crippen LogP contribution >= 0.6 is 0 Å². The number of carbonyl (C=O) groups excluding carboxylic acids is 1. The number of methoxy groups -OCH3 is 1. The topological polar surface area (TPSA) is 54.1 Å². The minimum absolute atomic E-state index is 0.334. The van der Waals surface area contributed by atoms with E-state index in [-0.39, 0.29) is 5.91 Å². The molecule has 1 amide bonds. The number of hydrogen-bond donors (Lipinski definition) is 2. The molecule has 0 unspecified atom stereocenters. The monoisotopic (exact) mass is 284 g/mol. The lowest BCUT2D eigenvalue weighted by molar-refractivity contribution is 0.102. The van der Waals surface area contributed by atoms with Gasteiger partial charge in [0.25, 0.3) is 5.91 Å². The average molecular weight is 284 g/mol. The summed E-state index contributed by atoms with van der Waals surface area (Å²) in [6, 6.07) is 13.0. The van der Waals surface area contributed by atoms with Crippen molar-refractivity contribution in [3.05, 3.63) is 60.0 Å². The minimum atomic E-state index is -0.397. The molecule has 3 rings (SSSR count). The highest BCUT2D eigenvalue weighted by atomic mass is 19.1. The van der Waals surface area contributed by atoms with Gasteiger partial charge < -0.3 is 15.0 Å². The molecule has 0 saturated heterocycles. The van der Waals surface area contributed by atoms with Crippen molar-refractivity contribution in [2.45, 2.75) is 0 Å². The summed E-state index contributed by atoms with van der Waals surface area (Å²) in [6.45, 7) is 0. The number of aromatic amines is 1. The first-order valence-corrected chi connectivity index (χ1v) is 6.40. The van der Waals surface area contributed by atoms with Crippen LogP contribution in [0.2, 0.25) is 0 Å². The molecule has 0 aliphatic carbocycles. The van der Waals surface area contributed by atoms with E-state index in [2.05, 4.69) is 10.3 Å². The number of amides is 1. The van der Waals surface area contributed by atoms with Crippen molar-refractivity contribution in [2.24, 2.45) is 0 Å². The van der Waals surface area contributed by atoms with Crippen molar-refractivity contribution < 1.29 is 13.9 Å². The first-order valence-electron chi connectivity index (χ1n) is 6.40. The Morgan fingerprint density at radius 2 is 2.00 bits per heavy atom. The summed E-state index contributed by atoms with van der Waals surface area (Å²) in [5.74, 6) is -0.0430. The third-order valence-electron chi connectivity index (χ3n) is 3.17. The predicted octanol–water partition coefficient (Wildman–Crippen LogP) is 3.57. The van der Waals surface area contributed by atoms with Crippen LogP contribution < -0.4 is 10.1 Å². The molecule has 21 heavy (non-hydrogen) atoms. The molecule has 5 heteroatoms. The Hall–Kier alpha value is -2.82. The fraction of sp³-hybridized carbons (Fsp3) is 0.0625. The van der Waals surface area contributed by atoms with Crippen LogP contribution in [0.25, 0.3) is 10.9 Å². The second kappa shape index (κ2) is 5.28. The summed E-state index contributed by atoms with van der Waals surface area (Å²) < 4.78 is 18.4. The zero-order chi connectivity index (χ0) is 14.8. The van der Waals surface area contributed by atoms with Gasteiger partial charge >= 0.3 is 0 Å². The minimum Gasteiger partial charge on any atom is -0.496 e. The summed E-state index contributed by atoms with van der Waals surface area (Å²) in [6.07, 6.45) is 0. The lowest BCUT2D eigenvalue weighted by atomic mass is 10.2. The van der Waals surface area contributed by atoms with E-state index in [0.29, 0.717) is 17.1 Å². The fourth-order valence-electron chi connectivity index (χ4n) is 2.19. The Labute approximate surface area is 120 Å². The molecule has 0 aliphatic heterocycles. The van der Waals surface area contributed by atoms with E-state index in [1.54, 1.807) is 25.3 Å². The van der Waals surface area contributed by atoms with Crippen LogP contribution in [-0.4, -0.2) is 18.0 Å². The Kier molecular flexibility index (Phi) is 3.31. The largest absolute Gasteiger partial charge is 0.496 e. The smallest absolute Gasteiger partial charge is 0.272 e. The highest BCUT2D eigenvalue weighted by molar-refractivity contribution is 6.06. The first kappa shape index (κ1) is 13.2. The van der Waals surface area contributed by atoms with Crippen molar-refractivity contribution in [3.63, 3.8) is 0 Å². The van der Waals surface area contributed by atoms with Gasteiger partial charge in [-0.2, -0.15) is 0 Å². The van der Waals surface area contributed by atoms with Gasteiger partial charge in [-0.15, -0.1) is 0 Å².